The maximum Gasteiger partial charge on any atom is 0.240 e. The first kappa shape index (κ1) is 15.9. The summed E-state index contributed by atoms with van der Waals surface area (Å²) in [6, 6.07) is 1.32. The first-order chi connectivity index (χ1) is 11.6. The monoisotopic (exact) mass is 346 g/mol. The van der Waals surface area contributed by atoms with Crippen molar-refractivity contribution in [3.63, 3.8) is 0 Å². The molecule has 3 heterocycles. The SMILES string of the molecule is CC[C@@H](Sc1nc(N)nc2nc[nH]c12)C(=O)Nc1nccc(O)n1. The topological polar surface area (TPSA) is 156 Å². The number of nitrogens with one attached hydrogen (secondary N) is 2. The van der Waals surface area contributed by atoms with Crippen LogP contribution in [0.5, 0.6) is 5.88 Å². The highest BCUT2D eigenvalue weighted by Crippen LogP contribution is 2.29. The van der Waals surface area contributed by atoms with E-state index in [0.717, 1.165) is 0 Å². The van der Waals surface area contributed by atoms with Gasteiger partial charge in [-0.3, -0.25) is 10.1 Å². The number of amides is 1. The quantitative estimate of drug-likeness (QED) is 0.390. The molecule has 10 nitrogen and oxygen atoms in total. The number of hydrogen-bond acceptors (Lipinski definition) is 9. The van der Waals surface area contributed by atoms with Crippen LogP contribution in [0.25, 0.3) is 11.2 Å². The second kappa shape index (κ2) is 6.66. The third-order valence-electron chi connectivity index (χ3n) is 3.06. The predicted octanol–water partition coefficient (Wildman–Crippen LogP) is 0.940. The molecule has 0 spiro atoms. The van der Waals surface area contributed by atoms with Gasteiger partial charge in [-0.05, 0) is 6.42 Å². The molecule has 1 atom stereocenters. The van der Waals surface area contributed by atoms with E-state index < -0.39 is 5.25 Å². The lowest BCUT2D eigenvalue weighted by molar-refractivity contribution is -0.115. The number of imidazole rings is 1. The maximum atomic E-state index is 12.4. The minimum atomic E-state index is -0.461. The molecule has 0 aliphatic heterocycles. The molecule has 3 aromatic rings. The Morgan fingerprint density at radius 1 is 1.42 bits per heavy atom. The molecule has 0 fully saturated rings. The van der Waals surface area contributed by atoms with Crippen LogP contribution in [0.2, 0.25) is 0 Å². The number of nitrogens with two attached hydrogens (primary N) is 1. The molecule has 0 radical (unpaired) electrons. The largest absolute Gasteiger partial charge is 0.493 e. The Bertz CT molecular complexity index is 883. The summed E-state index contributed by atoms with van der Waals surface area (Å²) in [4.78, 5) is 35.2. The Kier molecular flexibility index (Phi) is 4.42. The van der Waals surface area contributed by atoms with E-state index in [0.29, 0.717) is 22.6 Å². The van der Waals surface area contributed by atoms with Gasteiger partial charge in [0.25, 0.3) is 0 Å². The van der Waals surface area contributed by atoms with Gasteiger partial charge in [0.1, 0.15) is 10.5 Å². The molecule has 0 saturated heterocycles. The molecule has 11 heteroatoms. The number of thioether (sulfide) groups is 1. The van der Waals surface area contributed by atoms with E-state index in [1.54, 1.807) is 0 Å². The molecule has 0 aliphatic rings. The minimum absolute atomic E-state index is 0.0351. The maximum absolute atomic E-state index is 12.4. The number of carbonyl (C=O) groups is 1. The molecule has 0 saturated carbocycles. The molecule has 0 aromatic carbocycles. The third kappa shape index (κ3) is 3.35. The van der Waals surface area contributed by atoms with E-state index in [1.807, 2.05) is 6.92 Å². The highest BCUT2D eigenvalue weighted by atomic mass is 32.2. The number of rotatable bonds is 5. The van der Waals surface area contributed by atoms with Crippen LogP contribution in [0, 0.1) is 0 Å². The normalized spacial score (nSPS) is 12.2. The second-order valence-corrected chi connectivity index (χ2v) is 5.92. The number of anilines is 2. The first-order valence-electron chi connectivity index (χ1n) is 7.03. The van der Waals surface area contributed by atoms with Crippen LogP contribution in [0.3, 0.4) is 0 Å². The van der Waals surface area contributed by atoms with Gasteiger partial charge in [-0.1, -0.05) is 18.7 Å². The molecule has 24 heavy (non-hydrogen) atoms. The summed E-state index contributed by atoms with van der Waals surface area (Å²) in [6.07, 6.45) is 3.38. The summed E-state index contributed by atoms with van der Waals surface area (Å²) < 4.78 is 0. The number of aromatic amines is 1. The average Bonchev–Trinajstić information content (AvgIpc) is 3.00. The van der Waals surface area contributed by atoms with Crippen molar-refractivity contribution in [2.24, 2.45) is 0 Å². The molecule has 0 aliphatic carbocycles. The molecular formula is C13H14N8O2S. The van der Waals surface area contributed by atoms with Crippen molar-refractivity contribution in [1.29, 1.82) is 0 Å². The van der Waals surface area contributed by atoms with Crippen molar-refractivity contribution in [1.82, 2.24) is 29.9 Å². The second-order valence-electron chi connectivity index (χ2n) is 4.73. The standard InChI is InChI=1S/C13H14N8O2S/c1-2-6(10(23)20-13-15-4-3-7(22)18-13)24-11-8-9(17-5-16-8)19-12(14)21-11/h3-6H,2H2,1H3,(H3,14,16,17,19,21)(H2,15,18,20,22,23)/t6-/m1/s1. The number of H-pyrrole nitrogens is 1. The van der Waals surface area contributed by atoms with Crippen LogP contribution in [-0.2, 0) is 4.79 Å². The van der Waals surface area contributed by atoms with E-state index in [1.165, 1.54) is 30.4 Å². The van der Waals surface area contributed by atoms with Gasteiger partial charge in [0.15, 0.2) is 5.65 Å². The van der Waals surface area contributed by atoms with Crippen molar-refractivity contribution in [2.75, 3.05) is 11.1 Å². The molecule has 5 N–H and O–H groups in total. The fourth-order valence-electron chi connectivity index (χ4n) is 1.97. The van der Waals surface area contributed by atoms with E-state index in [2.05, 4.69) is 35.2 Å². The number of aromatic nitrogens is 6. The third-order valence-corrected chi connectivity index (χ3v) is 4.41. The lowest BCUT2D eigenvalue weighted by Crippen LogP contribution is -2.25. The van der Waals surface area contributed by atoms with Crippen LogP contribution in [-0.4, -0.2) is 46.2 Å². The van der Waals surface area contributed by atoms with Crippen LogP contribution < -0.4 is 11.1 Å². The molecule has 3 rings (SSSR count). The Labute approximate surface area is 140 Å². The Morgan fingerprint density at radius 2 is 2.25 bits per heavy atom. The number of hydrogen-bond donors (Lipinski definition) is 4. The number of nitrogens with zero attached hydrogens (tertiary/aromatic N) is 5. The van der Waals surface area contributed by atoms with Crippen molar-refractivity contribution in [2.45, 2.75) is 23.6 Å². The van der Waals surface area contributed by atoms with Crippen LogP contribution in [0.4, 0.5) is 11.9 Å². The zero-order chi connectivity index (χ0) is 17.1. The predicted molar refractivity (Wildman–Crippen MR) is 88.4 cm³/mol. The van der Waals surface area contributed by atoms with E-state index in [4.69, 9.17) is 5.73 Å². The minimum Gasteiger partial charge on any atom is -0.493 e. The van der Waals surface area contributed by atoms with E-state index >= 15 is 0 Å². The summed E-state index contributed by atoms with van der Waals surface area (Å²) in [5, 5.41) is 12.0. The van der Waals surface area contributed by atoms with Gasteiger partial charge >= 0.3 is 0 Å². The molecule has 1 amide bonds. The smallest absolute Gasteiger partial charge is 0.240 e. The number of nitrogen functional groups attached to an aromatic ring is 1. The molecule has 0 bridgehead atoms. The van der Waals surface area contributed by atoms with Gasteiger partial charge in [-0.25, -0.2) is 15.0 Å². The van der Waals surface area contributed by atoms with Gasteiger partial charge in [0, 0.05) is 12.3 Å². The van der Waals surface area contributed by atoms with Gasteiger partial charge in [-0.15, -0.1) is 0 Å². The van der Waals surface area contributed by atoms with Crippen molar-refractivity contribution >= 4 is 40.7 Å². The summed E-state index contributed by atoms with van der Waals surface area (Å²) in [7, 11) is 0. The number of aromatic hydroxyl groups is 1. The zero-order valence-electron chi connectivity index (χ0n) is 12.6. The number of fused-ring (bicyclic) bond motifs is 1. The van der Waals surface area contributed by atoms with Crippen LogP contribution in [0.15, 0.2) is 23.6 Å². The van der Waals surface area contributed by atoms with E-state index in [-0.39, 0.29) is 23.7 Å². The van der Waals surface area contributed by atoms with Gasteiger partial charge < -0.3 is 15.8 Å². The summed E-state index contributed by atoms with van der Waals surface area (Å²) in [6.45, 7) is 1.87. The van der Waals surface area contributed by atoms with Crippen molar-refractivity contribution < 1.29 is 9.90 Å². The molecule has 0 unspecified atom stereocenters. The molecule has 3 aromatic heterocycles. The highest BCUT2D eigenvalue weighted by molar-refractivity contribution is 8.00. The number of carbonyl (C=O) groups excluding carboxylic acids is 1. The van der Waals surface area contributed by atoms with Gasteiger partial charge in [0.05, 0.1) is 11.6 Å². The van der Waals surface area contributed by atoms with Gasteiger partial charge in [0.2, 0.25) is 23.7 Å². The fraction of sp³-hybridized carbons (Fsp3) is 0.231. The van der Waals surface area contributed by atoms with Crippen molar-refractivity contribution in [3.8, 4) is 5.88 Å². The summed E-state index contributed by atoms with van der Waals surface area (Å²) in [5.74, 6) is -0.404. The van der Waals surface area contributed by atoms with Crippen LogP contribution in [0.1, 0.15) is 13.3 Å². The lowest BCUT2D eigenvalue weighted by atomic mass is 10.3. The first-order valence-corrected chi connectivity index (χ1v) is 7.91. The fourth-order valence-corrected chi connectivity index (χ4v) is 2.98. The van der Waals surface area contributed by atoms with Gasteiger partial charge in [-0.2, -0.15) is 9.97 Å². The zero-order valence-corrected chi connectivity index (χ0v) is 13.4. The summed E-state index contributed by atoms with van der Waals surface area (Å²) >= 11 is 1.24. The highest BCUT2D eigenvalue weighted by Gasteiger charge is 2.22. The lowest BCUT2D eigenvalue weighted by Gasteiger charge is -2.13. The molecular weight excluding hydrogens is 332 g/mol. The molecule has 124 valence electrons. The van der Waals surface area contributed by atoms with Crippen LogP contribution >= 0.6 is 11.8 Å². The Morgan fingerprint density at radius 3 is 3.00 bits per heavy atom. The van der Waals surface area contributed by atoms with Crippen molar-refractivity contribution in [3.05, 3.63) is 18.6 Å². The Balaban J connectivity index is 1.80. The summed E-state index contributed by atoms with van der Waals surface area (Å²) in [5.41, 5.74) is 6.74. The average molecular weight is 346 g/mol. The Hall–Kier alpha value is -2.95. The van der Waals surface area contributed by atoms with E-state index in [9.17, 15) is 9.90 Å².